The minimum absolute atomic E-state index is 0.0762. The van der Waals surface area contributed by atoms with Gasteiger partial charge in [0, 0.05) is 29.5 Å². The number of anilines is 1. The zero-order valence-corrected chi connectivity index (χ0v) is 22.0. The molecule has 188 valence electrons. The van der Waals surface area contributed by atoms with Crippen LogP contribution in [-0.4, -0.2) is 25.8 Å². The summed E-state index contributed by atoms with van der Waals surface area (Å²) in [6, 6.07) is 22.5. The summed E-state index contributed by atoms with van der Waals surface area (Å²) in [6.07, 6.45) is 8.79. The maximum absolute atomic E-state index is 6.22. The fourth-order valence-electron chi connectivity index (χ4n) is 5.76. The Hall–Kier alpha value is -3.71. The molecule has 2 fully saturated rings. The molecule has 1 saturated heterocycles. The molecule has 0 bridgehead atoms. The monoisotopic (exact) mass is 509 g/mol. The normalized spacial score (nSPS) is 19.8. The molecule has 1 saturated carbocycles. The molecule has 1 aliphatic carbocycles. The molecule has 7 heteroatoms. The van der Waals surface area contributed by atoms with Gasteiger partial charge in [0.1, 0.15) is 11.6 Å². The van der Waals surface area contributed by atoms with Crippen LogP contribution < -0.4 is 15.0 Å². The van der Waals surface area contributed by atoms with Gasteiger partial charge in [-0.2, -0.15) is 0 Å². The Kier molecular flexibility index (Phi) is 6.38. The second-order valence-corrected chi connectivity index (χ2v) is 10.3. The molecule has 1 N–H and O–H groups in total. The van der Waals surface area contributed by atoms with E-state index in [0.717, 1.165) is 47.2 Å². The number of aryl methyl sites for hydroxylation is 1. The molecule has 0 radical (unpaired) electrons. The largest absolute Gasteiger partial charge is 0.490 e. The quantitative estimate of drug-likeness (QED) is 0.304. The second kappa shape index (κ2) is 9.98. The molecule has 4 aromatic rings. The summed E-state index contributed by atoms with van der Waals surface area (Å²) in [5, 5.41) is 4.26. The van der Waals surface area contributed by atoms with Crippen molar-refractivity contribution in [1.29, 1.82) is 0 Å². The van der Waals surface area contributed by atoms with E-state index < -0.39 is 0 Å². The van der Waals surface area contributed by atoms with Gasteiger partial charge in [-0.15, -0.1) is 0 Å². The lowest BCUT2D eigenvalue weighted by molar-refractivity contribution is 0.210. The van der Waals surface area contributed by atoms with Crippen LogP contribution in [0.3, 0.4) is 0 Å². The summed E-state index contributed by atoms with van der Waals surface area (Å²) >= 11 is 5.94. The van der Waals surface area contributed by atoms with Crippen LogP contribution in [-0.2, 0) is 0 Å². The first-order chi connectivity index (χ1) is 18.1. The Balaban J connectivity index is 1.41. The van der Waals surface area contributed by atoms with Gasteiger partial charge in [-0.05, 0) is 112 Å². The van der Waals surface area contributed by atoms with Gasteiger partial charge >= 0.3 is 0 Å². The van der Waals surface area contributed by atoms with E-state index in [0.29, 0.717) is 11.2 Å². The number of thiocarbonyl (C=S) groups is 1. The number of pyridine rings is 2. The number of benzene rings is 1. The van der Waals surface area contributed by atoms with E-state index >= 15 is 0 Å². The summed E-state index contributed by atoms with van der Waals surface area (Å²) < 4.78 is 8.43. The molecule has 6 nitrogen and oxygen atoms in total. The first kappa shape index (κ1) is 23.7. The summed E-state index contributed by atoms with van der Waals surface area (Å²) in [5.41, 5.74) is 5.45. The number of hydrogen-bond donors (Lipinski definition) is 1. The zero-order chi connectivity index (χ0) is 25.4. The zero-order valence-electron chi connectivity index (χ0n) is 21.2. The molecular weight excluding hydrogens is 478 g/mol. The van der Waals surface area contributed by atoms with E-state index in [1.165, 1.54) is 18.4 Å². The van der Waals surface area contributed by atoms with Crippen molar-refractivity contribution in [1.82, 2.24) is 19.9 Å². The van der Waals surface area contributed by atoms with Crippen molar-refractivity contribution in [2.75, 3.05) is 4.90 Å². The molecule has 1 aromatic carbocycles. The summed E-state index contributed by atoms with van der Waals surface area (Å²) in [6.45, 7) is 4.28. The predicted molar refractivity (Wildman–Crippen MR) is 150 cm³/mol. The van der Waals surface area contributed by atoms with E-state index in [1.54, 1.807) is 0 Å². The van der Waals surface area contributed by atoms with Gasteiger partial charge in [0.05, 0.1) is 23.9 Å². The maximum Gasteiger partial charge on any atom is 0.174 e. The van der Waals surface area contributed by atoms with Crippen molar-refractivity contribution in [2.24, 2.45) is 0 Å². The molecule has 37 heavy (non-hydrogen) atoms. The number of aromatic nitrogens is 3. The Labute approximate surface area is 223 Å². The van der Waals surface area contributed by atoms with Crippen LogP contribution in [0.5, 0.6) is 5.75 Å². The highest BCUT2D eigenvalue weighted by Crippen LogP contribution is 2.44. The van der Waals surface area contributed by atoms with Gasteiger partial charge in [0.25, 0.3) is 0 Å². The minimum Gasteiger partial charge on any atom is -0.490 e. The lowest BCUT2D eigenvalue weighted by atomic mass is 9.96. The number of rotatable bonds is 6. The third-order valence-corrected chi connectivity index (χ3v) is 7.80. The lowest BCUT2D eigenvalue weighted by Crippen LogP contribution is -2.29. The summed E-state index contributed by atoms with van der Waals surface area (Å²) in [4.78, 5) is 11.5. The lowest BCUT2D eigenvalue weighted by Gasteiger charge is -2.28. The van der Waals surface area contributed by atoms with Gasteiger partial charge < -0.3 is 19.5 Å². The van der Waals surface area contributed by atoms with E-state index in [2.05, 4.69) is 70.0 Å². The third-order valence-electron chi connectivity index (χ3n) is 7.49. The SMILES string of the molecule is Cc1cc([C@@H]2[C@@H](c3ccccn3)NC(=S)N2c2ccc(OC3CCCC3)cc2)c(C)n1-c1ccccn1. The van der Waals surface area contributed by atoms with Crippen molar-refractivity contribution >= 4 is 23.0 Å². The summed E-state index contributed by atoms with van der Waals surface area (Å²) in [7, 11) is 0. The van der Waals surface area contributed by atoms with E-state index in [-0.39, 0.29) is 12.1 Å². The van der Waals surface area contributed by atoms with Crippen LogP contribution in [0.2, 0.25) is 0 Å². The number of hydrogen-bond acceptors (Lipinski definition) is 4. The molecule has 2 aliphatic rings. The first-order valence-electron chi connectivity index (χ1n) is 13.0. The van der Waals surface area contributed by atoms with Crippen molar-refractivity contribution in [3.63, 3.8) is 0 Å². The first-order valence-corrected chi connectivity index (χ1v) is 13.4. The third kappa shape index (κ3) is 4.48. The number of nitrogens with zero attached hydrogens (tertiary/aromatic N) is 4. The molecule has 1 aliphatic heterocycles. The number of ether oxygens (including phenoxy) is 1. The fraction of sp³-hybridized carbons (Fsp3) is 0.300. The van der Waals surface area contributed by atoms with Gasteiger partial charge in [0.2, 0.25) is 0 Å². The smallest absolute Gasteiger partial charge is 0.174 e. The fourth-order valence-corrected chi connectivity index (χ4v) is 6.10. The van der Waals surface area contributed by atoms with Crippen molar-refractivity contribution in [3.8, 4) is 11.6 Å². The van der Waals surface area contributed by atoms with Crippen molar-refractivity contribution < 1.29 is 4.74 Å². The number of nitrogens with one attached hydrogen (secondary N) is 1. The average molecular weight is 510 g/mol. The average Bonchev–Trinajstić information content (AvgIpc) is 3.63. The topological polar surface area (TPSA) is 55.2 Å². The highest BCUT2D eigenvalue weighted by atomic mass is 32.1. The molecule has 0 unspecified atom stereocenters. The van der Waals surface area contributed by atoms with E-state index in [4.69, 9.17) is 21.9 Å². The second-order valence-electron chi connectivity index (χ2n) is 9.86. The minimum atomic E-state index is -0.0965. The van der Waals surface area contributed by atoms with Crippen LogP contribution in [0.1, 0.15) is 60.4 Å². The van der Waals surface area contributed by atoms with Gasteiger partial charge in [-0.25, -0.2) is 4.98 Å². The van der Waals surface area contributed by atoms with Gasteiger partial charge in [0.15, 0.2) is 5.11 Å². The standard InChI is InChI=1S/C30H31N5OS/c1-20-19-25(21(2)34(20)27-12-6-8-18-32-27)29-28(26-11-5-7-17-31-26)33-30(37)35(29)22-13-15-24(16-14-22)36-23-9-3-4-10-23/h5-8,11-19,23,28-29H,3-4,9-10H2,1-2H3,(H,33,37)/t28-,29-/m1/s1. The predicted octanol–water partition coefficient (Wildman–Crippen LogP) is 6.38. The highest BCUT2D eigenvalue weighted by molar-refractivity contribution is 7.80. The molecule has 3 aromatic heterocycles. The van der Waals surface area contributed by atoms with E-state index in [1.807, 2.05) is 42.7 Å². The molecule has 0 amide bonds. The molecule has 4 heterocycles. The molecule has 6 rings (SSSR count). The van der Waals surface area contributed by atoms with Gasteiger partial charge in [-0.1, -0.05) is 12.1 Å². The van der Waals surface area contributed by atoms with Crippen LogP contribution >= 0.6 is 12.2 Å². The van der Waals surface area contributed by atoms with Crippen LogP contribution in [0.25, 0.3) is 5.82 Å². The van der Waals surface area contributed by atoms with Crippen molar-refractivity contribution in [3.05, 3.63) is 102 Å². The van der Waals surface area contributed by atoms with Crippen molar-refractivity contribution in [2.45, 2.75) is 57.7 Å². The Morgan fingerprint density at radius 2 is 1.65 bits per heavy atom. The molecular formula is C30H31N5OS. The van der Waals surface area contributed by atoms with Gasteiger partial charge in [-0.3, -0.25) is 4.98 Å². The Bertz CT molecular complexity index is 1380. The van der Waals surface area contributed by atoms with Crippen LogP contribution in [0, 0.1) is 13.8 Å². The summed E-state index contributed by atoms with van der Waals surface area (Å²) in [5.74, 6) is 1.83. The van der Waals surface area contributed by atoms with Crippen LogP contribution in [0.4, 0.5) is 5.69 Å². The Morgan fingerprint density at radius 3 is 2.32 bits per heavy atom. The molecule has 0 spiro atoms. The maximum atomic E-state index is 6.22. The van der Waals surface area contributed by atoms with Crippen LogP contribution in [0.15, 0.2) is 79.1 Å². The molecule has 2 atom stereocenters. The Morgan fingerprint density at radius 1 is 0.919 bits per heavy atom. The highest BCUT2D eigenvalue weighted by Gasteiger charge is 2.42. The van der Waals surface area contributed by atoms with E-state index in [9.17, 15) is 0 Å².